The average molecular weight is 266 g/mol. The van der Waals surface area contributed by atoms with Crippen molar-refractivity contribution < 1.29 is 14.7 Å². The maximum Gasteiger partial charge on any atom is 0.339 e. The Balaban J connectivity index is 2.59. The Hall–Kier alpha value is -2.34. The molecule has 0 fully saturated rings. The lowest BCUT2D eigenvalue weighted by molar-refractivity contribution is 0.0696. The molecule has 0 aliphatic carbocycles. The fourth-order valence-corrected chi connectivity index (χ4v) is 1.75. The van der Waals surface area contributed by atoms with Crippen LogP contribution in [0.15, 0.2) is 30.6 Å². The number of nitrogens with two attached hydrogens (primary N) is 1. The van der Waals surface area contributed by atoms with Gasteiger partial charge in [0.1, 0.15) is 5.56 Å². The molecule has 1 heterocycles. The first-order valence-corrected chi connectivity index (χ1v) is 5.25. The molecule has 0 atom stereocenters. The van der Waals surface area contributed by atoms with E-state index in [-0.39, 0.29) is 21.8 Å². The van der Waals surface area contributed by atoms with Gasteiger partial charge in [0, 0.05) is 6.20 Å². The lowest BCUT2D eigenvalue weighted by Crippen LogP contribution is -2.10. The number of benzene rings is 1. The summed E-state index contributed by atoms with van der Waals surface area (Å²) in [5.74, 6) is -1.81. The van der Waals surface area contributed by atoms with Crippen molar-refractivity contribution in [3.8, 4) is 5.69 Å². The number of primary amides is 1. The van der Waals surface area contributed by atoms with Gasteiger partial charge in [-0.05, 0) is 12.1 Å². The number of carbonyl (C=O) groups is 2. The van der Waals surface area contributed by atoms with Gasteiger partial charge >= 0.3 is 5.97 Å². The molecule has 1 aromatic heterocycles. The Morgan fingerprint density at radius 3 is 2.67 bits per heavy atom. The molecule has 6 nitrogen and oxygen atoms in total. The molecule has 1 amide bonds. The molecule has 0 unspecified atom stereocenters. The Morgan fingerprint density at radius 1 is 1.39 bits per heavy atom. The first-order valence-electron chi connectivity index (χ1n) is 4.87. The second-order valence-corrected chi connectivity index (χ2v) is 3.88. The van der Waals surface area contributed by atoms with E-state index in [1.807, 2.05) is 0 Å². The second-order valence-electron chi connectivity index (χ2n) is 3.48. The third-order valence-corrected chi connectivity index (χ3v) is 2.63. The van der Waals surface area contributed by atoms with Gasteiger partial charge in [0.25, 0.3) is 5.91 Å². The van der Waals surface area contributed by atoms with Crippen LogP contribution in [0.3, 0.4) is 0 Å². The topological polar surface area (TPSA) is 98.2 Å². The van der Waals surface area contributed by atoms with Crippen molar-refractivity contribution in [1.82, 2.24) is 9.78 Å². The van der Waals surface area contributed by atoms with Crippen LogP contribution >= 0.6 is 11.6 Å². The molecule has 7 heteroatoms. The van der Waals surface area contributed by atoms with Crippen LogP contribution in [0.2, 0.25) is 5.02 Å². The Labute approximate surface area is 107 Å². The normalized spacial score (nSPS) is 10.3. The number of carboxylic acids is 1. The zero-order chi connectivity index (χ0) is 13.3. The number of rotatable bonds is 3. The summed E-state index contributed by atoms with van der Waals surface area (Å²) < 4.78 is 1.25. The number of halogens is 1. The maximum atomic E-state index is 11.1. The van der Waals surface area contributed by atoms with E-state index in [4.69, 9.17) is 22.4 Å². The largest absolute Gasteiger partial charge is 0.478 e. The zero-order valence-electron chi connectivity index (χ0n) is 9.00. The molecule has 0 aliphatic rings. The van der Waals surface area contributed by atoms with E-state index in [2.05, 4.69) is 5.10 Å². The van der Waals surface area contributed by atoms with Crippen molar-refractivity contribution in [3.05, 3.63) is 46.7 Å². The first-order chi connectivity index (χ1) is 8.50. The van der Waals surface area contributed by atoms with Crippen molar-refractivity contribution in [2.24, 2.45) is 5.73 Å². The Morgan fingerprint density at radius 2 is 2.11 bits per heavy atom. The van der Waals surface area contributed by atoms with Crippen LogP contribution < -0.4 is 5.73 Å². The Kier molecular flexibility index (Phi) is 3.03. The van der Waals surface area contributed by atoms with Crippen molar-refractivity contribution >= 4 is 23.5 Å². The molecule has 2 aromatic rings. The van der Waals surface area contributed by atoms with E-state index in [1.165, 1.54) is 29.2 Å². The number of hydrogen-bond acceptors (Lipinski definition) is 3. The predicted octanol–water partition coefficient (Wildman–Crippen LogP) is 1.32. The molecule has 0 aliphatic heterocycles. The zero-order valence-corrected chi connectivity index (χ0v) is 9.76. The van der Waals surface area contributed by atoms with Crippen LogP contribution in [0.1, 0.15) is 20.7 Å². The lowest BCUT2D eigenvalue weighted by atomic mass is 10.2. The number of carbonyl (C=O) groups excluding carboxylic acids is 1. The number of carboxylic acid groups (broad SMARTS) is 1. The highest BCUT2D eigenvalue weighted by molar-refractivity contribution is 6.34. The van der Waals surface area contributed by atoms with E-state index < -0.39 is 11.9 Å². The SMILES string of the molecule is NC(=O)c1cnn(-c2cccc(Cl)c2C(=O)O)c1. The van der Waals surface area contributed by atoms with Gasteiger partial charge < -0.3 is 10.8 Å². The average Bonchev–Trinajstić information content (AvgIpc) is 2.77. The molecule has 1 aromatic carbocycles. The van der Waals surface area contributed by atoms with Crippen LogP contribution in [0.25, 0.3) is 5.69 Å². The van der Waals surface area contributed by atoms with Crippen LogP contribution in [-0.2, 0) is 0 Å². The first kappa shape index (κ1) is 12.1. The molecule has 2 rings (SSSR count). The highest BCUT2D eigenvalue weighted by Crippen LogP contribution is 2.23. The van der Waals surface area contributed by atoms with Crippen LogP contribution in [0, 0.1) is 0 Å². The van der Waals surface area contributed by atoms with Crippen molar-refractivity contribution in [1.29, 1.82) is 0 Å². The van der Waals surface area contributed by atoms with Gasteiger partial charge in [0.05, 0.1) is 22.5 Å². The summed E-state index contributed by atoms with van der Waals surface area (Å²) in [5.41, 5.74) is 5.47. The van der Waals surface area contributed by atoms with Gasteiger partial charge in [0.15, 0.2) is 0 Å². The predicted molar refractivity (Wildman–Crippen MR) is 64.1 cm³/mol. The minimum atomic E-state index is -1.17. The molecule has 18 heavy (non-hydrogen) atoms. The minimum absolute atomic E-state index is 0.0849. The lowest BCUT2D eigenvalue weighted by Gasteiger charge is -2.07. The molecule has 92 valence electrons. The molecule has 0 radical (unpaired) electrons. The van der Waals surface area contributed by atoms with Crippen molar-refractivity contribution in [2.75, 3.05) is 0 Å². The molecule has 0 saturated heterocycles. The third-order valence-electron chi connectivity index (χ3n) is 2.32. The van der Waals surface area contributed by atoms with Crippen molar-refractivity contribution in [2.45, 2.75) is 0 Å². The van der Waals surface area contributed by atoms with Crippen molar-refractivity contribution in [3.63, 3.8) is 0 Å². The number of aromatic carboxylic acids is 1. The highest BCUT2D eigenvalue weighted by Gasteiger charge is 2.17. The second kappa shape index (κ2) is 4.50. The molecule has 0 bridgehead atoms. The third kappa shape index (κ3) is 2.05. The summed E-state index contributed by atoms with van der Waals surface area (Å²) in [6.07, 6.45) is 2.61. The fourth-order valence-electron chi connectivity index (χ4n) is 1.50. The van der Waals surface area contributed by atoms with Gasteiger partial charge in [-0.15, -0.1) is 0 Å². The van der Waals surface area contributed by atoms with Crippen LogP contribution in [0.5, 0.6) is 0 Å². The van der Waals surface area contributed by atoms with E-state index in [1.54, 1.807) is 6.07 Å². The smallest absolute Gasteiger partial charge is 0.339 e. The summed E-state index contributed by atoms with van der Waals surface area (Å²) >= 11 is 5.83. The standard InChI is InChI=1S/C11H8ClN3O3/c12-7-2-1-3-8(9(7)11(17)18)15-5-6(4-14-15)10(13)16/h1-5H,(H2,13,16)(H,17,18). The minimum Gasteiger partial charge on any atom is -0.478 e. The van der Waals surface area contributed by atoms with E-state index in [9.17, 15) is 9.59 Å². The quantitative estimate of drug-likeness (QED) is 0.874. The number of hydrogen-bond donors (Lipinski definition) is 2. The number of nitrogens with zero attached hydrogens (tertiary/aromatic N) is 2. The van der Waals surface area contributed by atoms with Crippen LogP contribution in [0.4, 0.5) is 0 Å². The van der Waals surface area contributed by atoms with E-state index >= 15 is 0 Å². The summed E-state index contributed by atoms with van der Waals surface area (Å²) in [5, 5.41) is 13.1. The van der Waals surface area contributed by atoms with Crippen LogP contribution in [-0.4, -0.2) is 26.8 Å². The van der Waals surface area contributed by atoms with E-state index in [0.29, 0.717) is 0 Å². The Bertz CT molecular complexity index is 636. The van der Waals surface area contributed by atoms with Gasteiger partial charge in [-0.25, -0.2) is 9.48 Å². The van der Waals surface area contributed by atoms with Gasteiger partial charge in [-0.3, -0.25) is 4.79 Å². The summed E-state index contributed by atoms with van der Waals surface area (Å²) in [6, 6.07) is 4.59. The maximum absolute atomic E-state index is 11.1. The van der Waals surface area contributed by atoms with Gasteiger partial charge in [-0.2, -0.15) is 5.10 Å². The fraction of sp³-hybridized carbons (Fsp3) is 0. The summed E-state index contributed by atoms with van der Waals surface area (Å²) in [7, 11) is 0. The molecule has 0 spiro atoms. The van der Waals surface area contributed by atoms with Gasteiger partial charge in [0.2, 0.25) is 0 Å². The molecular formula is C11H8ClN3O3. The van der Waals surface area contributed by atoms with E-state index in [0.717, 1.165) is 0 Å². The van der Waals surface area contributed by atoms with Gasteiger partial charge in [-0.1, -0.05) is 17.7 Å². The summed E-state index contributed by atoms with van der Waals surface area (Å²) in [6.45, 7) is 0. The number of aromatic nitrogens is 2. The molecule has 0 saturated carbocycles. The molecule has 3 N–H and O–H groups in total. The number of amides is 1. The highest BCUT2D eigenvalue weighted by atomic mass is 35.5. The molecular weight excluding hydrogens is 258 g/mol. The monoisotopic (exact) mass is 265 g/mol. The summed E-state index contributed by atoms with van der Waals surface area (Å²) in [4.78, 5) is 22.1.